The van der Waals surface area contributed by atoms with E-state index in [1.54, 1.807) is 42.5 Å². The first-order valence-electron chi connectivity index (χ1n) is 15.1. The predicted molar refractivity (Wildman–Crippen MR) is 159 cm³/mol. The molecule has 3 heteroatoms. The van der Waals surface area contributed by atoms with Crippen molar-refractivity contribution in [2.24, 2.45) is 5.92 Å². The normalized spacial score (nSPS) is 15.4. The number of benzene rings is 3. The highest BCUT2D eigenvalue weighted by Gasteiger charge is 2.18. The largest absolute Gasteiger partial charge is 0.206 e. The van der Waals surface area contributed by atoms with Crippen molar-refractivity contribution >= 4 is 5.57 Å². The SMILES string of the molecule is CCCCCCCC1CC=C(c2ccc(-c3ccc(-c4ccc(CCCCC)c(F)c4F)cc3)c(F)c2)CC1. The molecule has 3 aromatic rings. The molecule has 4 rings (SSSR count). The Bertz CT molecular complexity index is 1240. The van der Waals surface area contributed by atoms with Crippen molar-refractivity contribution in [1.29, 1.82) is 0 Å². The van der Waals surface area contributed by atoms with E-state index in [1.807, 2.05) is 12.1 Å². The van der Waals surface area contributed by atoms with E-state index in [4.69, 9.17) is 0 Å². The second kappa shape index (κ2) is 14.5. The minimum Gasteiger partial charge on any atom is -0.206 e. The average Bonchev–Trinajstić information content (AvgIpc) is 2.96. The molecule has 0 spiro atoms. The van der Waals surface area contributed by atoms with Crippen molar-refractivity contribution in [2.75, 3.05) is 0 Å². The molecule has 3 aromatic carbocycles. The van der Waals surface area contributed by atoms with Crippen molar-refractivity contribution in [2.45, 2.75) is 97.3 Å². The van der Waals surface area contributed by atoms with E-state index in [0.717, 1.165) is 49.1 Å². The van der Waals surface area contributed by atoms with Gasteiger partial charge in [-0.05, 0) is 71.9 Å². The van der Waals surface area contributed by atoms with Gasteiger partial charge in [0.05, 0.1) is 0 Å². The van der Waals surface area contributed by atoms with Gasteiger partial charge in [0, 0.05) is 11.1 Å². The van der Waals surface area contributed by atoms with Crippen LogP contribution >= 0.6 is 0 Å². The lowest BCUT2D eigenvalue weighted by molar-refractivity contribution is 0.423. The van der Waals surface area contributed by atoms with Crippen molar-refractivity contribution in [3.63, 3.8) is 0 Å². The summed E-state index contributed by atoms with van der Waals surface area (Å²) in [4.78, 5) is 0. The van der Waals surface area contributed by atoms with Gasteiger partial charge in [-0.25, -0.2) is 13.2 Å². The summed E-state index contributed by atoms with van der Waals surface area (Å²) in [5.41, 5.74) is 4.69. The molecule has 208 valence electrons. The first-order chi connectivity index (χ1) is 19.0. The Hall–Kier alpha value is -2.81. The molecule has 1 aliphatic rings. The van der Waals surface area contributed by atoms with E-state index in [-0.39, 0.29) is 11.4 Å². The average molecular weight is 533 g/mol. The van der Waals surface area contributed by atoms with E-state index in [0.29, 0.717) is 23.1 Å². The van der Waals surface area contributed by atoms with Crippen LogP contribution in [0.1, 0.15) is 102 Å². The molecular weight excluding hydrogens is 489 g/mol. The third kappa shape index (κ3) is 7.65. The summed E-state index contributed by atoms with van der Waals surface area (Å²) in [6.07, 6.45) is 16.9. The molecule has 0 fully saturated rings. The second-order valence-corrected chi connectivity index (χ2v) is 11.2. The van der Waals surface area contributed by atoms with Crippen LogP contribution in [0.25, 0.3) is 27.8 Å². The van der Waals surface area contributed by atoms with Crippen LogP contribution in [-0.4, -0.2) is 0 Å². The lowest BCUT2D eigenvalue weighted by atomic mass is 9.83. The maximum Gasteiger partial charge on any atom is 0.166 e. The van der Waals surface area contributed by atoms with Crippen molar-refractivity contribution in [1.82, 2.24) is 0 Å². The number of rotatable bonds is 13. The molecule has 0 nitrogen and oxygen atoms in total. The summed E-state index contributed by atoms with van der Waals surface area (Å²) in [6, 6.07) is 15.9. The smallest absolute Gasteiger partial charge is 0.166 e. The molecule has 0 N–H and O–H groups in total. The van der Waals surface area contributed by atoms with Crippen LogP contribution in [0, 0.1) is 23.4 Å². The molecule has 1 unspecified atom stereocenters. The topological polar surface area (TPSA) is 0 Å². The molecule has 0 saturated carbocycles. The van der Waals surface area contributed by atoms with Crippen LogP contribution in [0.3, 0.4) is 0 Å². The number of hydrogen-bond donors (Lipinski definition) is 0. The Morgan fingerprint density at radius 2 is 1.31 bits per heavy atom. The van der Waals surface area contributed by atoms with Crippen LogP contribution in [0.4, 0.5) is 13.2 Å². The highest BCUT2D eigenvalue weighted by atomic mass is 19.2. The maximum absolute atomic E-state index is 15.2. The standard InChI is InChI=1S/C36H43F3/c1-3-5-7-8-10-11-26-13-15-27(16-14-26)31-22-23-32(34(37)25-31)28-17-19-29(20-18-28)33-24-21-30(12-9-6-4-2)35(38)36(33)39/h15,17-26H,3-14,16H2,1-2H3. The summed E-state index contributed by atoms with van der Waals surface area (Å²) in [6.45, 7) is 4.34. The fraction of sp³-hybridized carbons (Fsp3) is 0.444. The summed E-state index contributed by atoms with van der Waals surface area (Å²) in [5.74, 6) is -1.07. The molecular formula is C36H43F3. The van der Waals surface area contributed by atoms with Gasteiger partial charge in [-0.2, -0.15) is 0 Å². The third-order valence-electron chi connectivity index (χ3n) is 8.29. The van der Waals surface area contributed by atoms with Crippen molar-refractivity contribution in [3.8, 4) is 22.3 Å². The van der Waals surface area contributed by atoms with Crippen LogP contribution in [-0.2, 0) is 6.42 Å². The Morgan fingerprint density at radius 1 is 0.667 bits per heavy atom. The van der Waals surface area contributed by atoms with Crippen LogP contribution in [0.2, 0.25) is 0 Å². The molecule has 1 atom stereocenters. The highest BCUT2D eigenvalue weighted by Crippen LogP contribution is 2.35. The number of unbranched alkanes of at least 4 members (excludes halogenated alkanes) is 6. The molecule has 0 aliphatic heterocycles. The monoisotopic (exact) mass is 532 g/mol. The van der Waals surface area contributed by atoms with Gasteiger partial charge in [0.25, 0.3) is 0 Å². The number of halogens is 3. The van der Waals surface area contributed by atoms with E-state index in [1.165, 1.54) is 50.5 Å². The lowest BCUT2D eigenvalue weighted by Gasteiger charge is -2.22. The molecule has 0 amide bonds. The van der Waals surface area contributed by atoms with Gasteiger partial charge in [-0.3, -0.25) is 0 Å². The summed E-state index contributed by atoms with van der Waals surface area (Å²) in [5, 5.41) is 0. The van der Waals surface area contributed by atoms with Gasteiger partial charge >= 0.3 is 0 Å². The third-order valence-corrected chi connectivity index (χ3v) is 8.29. The molecule has 1 aliphatic carbocycles. The number of hydrogen-bond acceptors (Lipinski definition) is 0. The molecule has 0 saturated heterocycles. The van der Waals surface area contributed by atoms with E-state index < -0.39 is 11.6 Å². The quantitative estimate of drug-likeness (QED) is 0.192. The zero-order valence-electron chi connectivity index (χ0n) is 23.7. The first-order valence-corrected chi connectivity index (χ1v) is 15.1. The number of allylic oxidation sites excluding steroid dienone is 2. The second-order valence-electron chi connectivity index (χ2n) is 11.2. The zero-order chi connectivity index (χ0) is 27.6. The molecule has 0 heterocycles. The molecule has 0 radical (unpaired) electrons. The summed E-state index contributed by atoms with van der Waals surface area (Å²) in [7, 11) is 0. The summed E-state index contributed by atoms with van der Waals surface area (Å²) >= 11 is 0. The van der Waals surface area contributed by atoms with Gasteiger partial charge in [-0.15, -0.1) is 0 Å². The van der Waals surface area contributed by atoms with Gasteiger partial charge in [0.15, 0.2) is 11.6 Å². The fourth-order valence-corrected chi connectivity index (χ4v) is 5.80. The van der Waals surface area contributed by atoms with Gasteiger partial charge in [0.2, 0.25) is 0 Å². The van der Waals surface area contributed by atoms with Gasteiger partial charge in [0.1, 0.15) is 5.82 Å². The van der Waals surface area contributed by atoms with Gasteiger partial charge < -0.3 is 0 Å². The van der Waals surface area contributed by atoms with Gasteiger partial charge in [-0.1, -0.05) is 120 Å². The Balaban J connectivity index is 1.40. The van der Waals surface area contributed by atoms with E-state index >= 15 is 4.39 Å². The Kier molecular flexibility index (Phi) is 10.9. The van der Waals surface area contributed by atoms with Crippen molar-refractivity contribution in [3.05, 3.63) is 89.3 Å². The summed E-state index contributed by atoms with van der Waals surface area (Å²) < 4.78 is 44.7. The number of aryl methyl sites for hydroxylation is 1. The minimum atomic E-state index is -0.813. The molecule has 0 bridgehead atoms. The van der Waals surface area contributed by atoms with Crippen LogP contribution in [0.5, 0.6) is 0 Å². The molecule has 0 aromatic heterocycles. The lowest BCUT2D eigenvalue weighted by Crippen LogP contribution is -2.05. The Morgan fingerprint density at radius 3 is 1.97 bits per heavy atom. The maximum atomic E-state index is 15.2. The van der Waals surface area contributed by atoms with E-state index in [2.05, 4.69) is 19.9 Å². The minimum absolute atomic E-state index is 0.234. The fourth-order valence-electron chi connectivity index (χ4n) is 5.80. The first kappa shape index (κ1) is 29.2. The zero-order valence-corrected chi connectivity index (χ0v) is 23.7. The Labute approximate surface area is 233 Å². The highest BCUT2D eigenvalue weighted by molar-refractivity contribution is 5.74. The van der Waals surface area contributed by atoms with Crippen LogP contribution < -0.4 is 0 Å². The van der Waals surface area contributed by atoms with Crippen molar-refractivity contribution < 1.29 is 13.2 Å². The molecule has 39 heavy (non-hydrogen) atoms. The predicted octanol–water partition coefficient (Wildman–Crippen LogP) is 11.7. The van der Waals surface area contributed by atoms with Crippen LogP contribution in [0.15, 0.2) is 60.7 Å². The van der Waals surface area contributed by atoms with E-state index in [9.17, 15) is 8.78 Å².